The van der Waals surface area contributed by atoms with Crippen LogP contribution < -0.4 is 16.2 Å². The SMILES string of the molecule is C[C@@H](NC(=O)C(=O)NNC1=CCN(C)CC1)c1ccccc1. The monoisotopic (exact) mass is 302 g/mol. The molecule has 0 aromatic heterocycles. The second-order valence-corrected chi connectivity index (χ2v) is 5.43. The summed E-state index contributed by atoms with van der Waals surface area (Å²) in [5, 5.41) is 2.67. The van der Waals surface area contributed by atoms with E-state index in [1.54, 1.807) is 0 Å². The van der Waals surface area contributed by atoms with Gasteiger partial charge in [0.25, 0.3) is 0 Å². The smallest absolute Gasteiger partial charge is 0.327 e. The van der Waals surface area contributed by atoms with Crippen LogP contribution in [0.25, 0.3) is 0 Å². The van der Waals surface area contributed by atoms with Crippen molar-refractivity contribution in [2.45, 2.75) is 19.4 Å². The second-order valence-electron chi connectivity index (χ2n) is 5.43. The van der Waals surface area contributed by atoms with E-state index in [-0.39, 0.29) is 6.04 Å². The van der Waals surface area contributed by atoms with Crippen molar-refractivity contribution in [2.24, 2.45) is 0 Å². The fourth-order valence-electron chi connectivity index (χ4n) is 2.17. The average molecular weight is 302 g/mol. The minimum Gasteiger partial charge on any atom is -0.341 e. The molecular weight excluding hydrogens is 280 g/mol. The molecular formula is C16H22N4O2. The molecule has 1 aliphatic heterocycles. The molecule has 0 unspecified atom stereocenters. The van der Waals surface area contributed by atoms with Gasteiger partial charge in [-0.05, 0) is 25.6 Å². The van der Waals surface area contributed by atoms with Gasteiger partial charge in [0.15, 0.2) is 0 Å². The zero-order valence-electron chi connectivity index (χ0n) is 12.9. The van der Waals surface area contributed by atoms with E-state index in [1.165, 1.54) is 0 Å². The van der Waals surface area contributed by atoms with Crippen LogP contribution in [-0.4, -0.2) is 36.9 Å². The molecule has 1 aromatic rings. The molecule has 6 heteroatoms. The number of amides is 2. The summed E-state index contributed by atoms with van der Waals surface area (Å²) < 4.78 is 0. The van der Waals surface area contributed by atoms with Gasteiger partial charge >= 0.3 is 11.8 Å². The van der Waals surface area contributed by atoms with Gasteiger partial charge in [0.1, 0.15) is 0 Å². The van der Waals surface area contributed by atoms with Crippen molar-refractivity contribution in [2.75, 3.05) is 20.1 Å². The Hall–Kier alpha value is -2.34. The lowest BCUT2D eigenvalue weighted by atomic mass is 10.1. The minimum atomic E-state index is -0.692. The van der Waals surface area contributed by atoms with Crippen molar-refractivity contribution >= 4 is 11.8 Å². The van der Waals surface area contributed by atoms with Crippen LogP contribution in [0.3, 0.4) is 0 Å². The zero-order valence-corrected chi connectivity index (χ0v) is 12.9. The maximum Gasteiger partial charge on any atom is 0.327 e. The molecule has 6 nitrogen and oxygen atoms in total. The highest BCUT2D eigenvalue weighted by Gasteiger charge is 2.17. The van der Waals surface area contributed by atoms with Crippen molar-refractivity contribution in [1.29, 1.82) is 0 Å². The number of benzene rings is 1. The zero-order chi connectivity index (χ0) is 15.9. The molecule has 1 heterocycles. The van der Waals surface area contributed by atoms with Crippen LogP contribution in [0.15, 0.2) is 42.1 Å². The largest absolute Gasteiger partial charge is 0.341 e. The molecule has 0 saturated heterocycles. The van der Waals surface area contributed by atoms with Crippen LogP contribution in [0.2, 0.25) is 0 Å². The first-order valence-electron chi connectivity index (χ1n) is 7.35. The maximum absolute atomic E-state index is 11.9. The first kappa shape index (κ1) is 16.0. The Bertz CT molecular complexity index is 557. The number of hydrogen-bond donors (Lipinski definition) is 3. The summed E-state index contributed by atoms with van der Waals surface area (Å²) in [5.74, 6) is -1.35. The third kappa shape index (κ3) is 4.60. The summed E-state index contributed by atoms with van der Waals surface area (Å²) in [7, 11) is 2.03. The Morgan fingerprint density at radius 2 is 1.91 bits per heavy atom. The number of carbonyl (C=O) groups is 2. The summed E-state index contributed by atoms with van der Waals surface area (Å²) in [5.41, 5.74) is 7.13. The van der Waals surface area contributed by atoms with Crippen LogP contribution in [0, 0.1) is 0 Å². The second kappa shape index (κ2) is 7.61. The number of carbonyl (C=O) groups excluding carboxylic acids is 2. The van der Waals surface area contributed by atoms with E-state index in [9.17, 15) is 9.59 Å². The van der Waals surface area contributed by atoms with Crippen molar-refractivity contribution < 1.29 is 9.59 Å². The van der Waals surface area contributed by atoms with Gasteiger partial charge in [-0.1, -0.05) is 30.3 Å². The average Bonchev–Trinajstić information content (AvgIpc) is 2.54. The fraction of sp³-hybridized carbons (Fsp3) is 0.375. The quantitative estimate of drug-likeness (QED) is 0.565. The molecule has 1 aromatic carbocycles. The van der Waals surface area contributed by atoms with E-state index < -0.39 is 11.8 Å². The van der Waals surface area contributed by atoms with Gasteiger partial charge < -0.3 is 15.6 Å². The van der Waals surface area contributed by atoms with Gasteiger partial charge in [0, 0.05) is 25.2 Å². The van der Waals surface area contributed by atoms with E-state index in [0.29, 0.717) is 0 Å². The van der Waals surface area contributed by atoms with Crippen molar-refractivity contribution in [3.05, 3.63) is 47.7 Å². The topological polar surface area (TPSA) is 73.5 Å². The lowest BCUT2D eigenvalue weighted by molar-refractivity contribution is -0.140. The van der Waals surface area contributed by atoms with Gasteiger partial charge in [0.05, 0.1) is 6.04 Å². The predicted octanol–water partition coefficient (Wildman–Crippen LogP) is 0.704. The van der Waals surface area contributed by atoms with E-state index >= 15 is 0 Å². The first-order valence-corrected chi connectivity index (χ1v) is 7.35. The molecule has 0 radical (unpaired) electrons. The standard InChI is InChI=1S/C16H22N4O2/c1-12(13-6-4-3-5-7-13)17-15(21)16(22)19-18-14-8-10-20(2)11-9-14/h3-8,12,18H,9-11H2,1-2H3,(H,17,21)(H,19,22)/t12-/m1/s1. The van der Waals surface area contributed by atoms with Crippen LogP contribution in [0.5, 0.6) is 0 Å². The number of nitrogens with zero attached hydrogens (tertiary/aromatic N) is 1. The minimum absolute atomic E-state index is 0.220. The van der Waals surface area contributed by atoms with Gasteiger partial charge in [-0.15, -0.1) is 0 Å². The Morgan fingerprint density at radius 1 is 1.18 bits per heavy atom. The summed E-state index contributed by atoms with van der Waals surface area (Å²) >= 11 is 0. The summed E-state index contributed by atoms with van der Waals surface area (Å²) in [6.45, 7) is 3.59. The normalized spacial score (nSPS) is 16.4. The molecule has 0 saturated carbocycles. The summed E-state index contributed by atoms with van der Waals surface area (Å²) in [6, 6.07) is 9.29. The molecule has 3 N–H and O–H groups in total. The van der Waals surface area contributed by atoms with E-state index in [4.69, 9.17) is 0 Å². The number of hydrazine groups is 1. The number of nitrogens with one attached hydrogen (secondary N) is 3. The highest BCUT2D eigenvalue weighted by Crippen LogP contribution is 2.10. The summed E-state index contributed by atoms with van der Waals surface area (Å²) in [6.07, 6.45) is 2.81. The van der Waals surface area contributed by atoms with Crippen LogP contribution in [0.4, 0.5) is 0 Å². The molecule has 0 fully saturated rings. The Labute approximate surface area is 130 Å². The van der Waals surface area contributed by atoms with Gasteiger partial charge in [-0.25, -0.2) is 0 Å². The molecule has 0 aliphatic carbocycles. The van der Waals surface area contributed by atoms with Gasteiger partial charge in [-0.2, -0.15) is 0 Å². The fourth-order valence-corrected chi connectivity index (χ4v) is 2.17. The number of hydrogen-bond acceptors (Lipinski definition) is 4. The highest BCUT2D eigenvalue weighted by molar-refractivity contribution is 6.35. The third-order valence-electron chi connectivity index (χ3n) is 3.60. The molecule has 0 spiro atoms. The lowest BCUT2D eigenvalue weighted by Gasteiger charge is -2.22. The molecule has 22 heavy (non-hydrogen) atoms. The molecule has 1 atom stereocenters. The highest BCUT2D eigenvalue weighted by atomic mass is 16.2. The van der Waals surface area contributed by atoms with Crippen LogP contribution >= 0.6 is 0 Å². The Morgan fingerprint density at radius 3 is 2.55 bits per heavy atom. The molecule has 2 rings (SSSR count). The van der Waals surface area contributed by atoms with Crippen molar-refractivity contribution in [3.8, 4) is 0 Å². The Kier molecular flexibility index (Phi) is 5.55. The predicted molar refractivity (Wildman–Crippen MR) is 84.5 cm³/mol. The van der Waals surface area contributed by atoms with Crippen LogP contribution in [0.1, 0.15) is 24.9 Å². The number of likely N-dealkylation sites (N-methyl/N-ethyl adjacent to an activating group) is 1. The first-order chi connectivity index (χ1) is 10.6. The van der Waals surface area contributed by atoms with Gasteiger partial charge in [0.2, 0.25) is 0 Å². The molecule has 0 bridgehead atoms. The van der Waals surface area contributed by atoms with Gasteiger partial charge in [-0.3, -0.25) is 15.0 Å². The van der Waals surface area contributed by atoms with E-state index in [0.717, 1.165) is 30.8 Å². The van der Waals surface area contributed by atoms with E-state index in [2.05, 4.69) is 21.1 Å². The van der Waals surface area contributed by atoms with Crippen molar-refractivity contribution in [1.82, 2.24) is 21.1 Å². The third-order valence-corrected chi connectivity index (χ3v) is 3.60. The molecule has 1 aliphatic rings. The van der Waals surface area contributed by atoms with Crippen molar-refractivity contribution in [3.63, 3.8) is 0 Å². The summed E-state index contributed by atoms with van der Waals surface area (Å²) in [4.78, 5) is 25.8. The van der Waals surface area contributed by atoms with Crippen LogP contribution in [-0.2, 0) is 9.59 Å². The maximum atomic E-state index is 11.9. The van der Waals surface area contributed by atoms with E-state index in [1.807, 2.05) is 50.4 Å². The number of rotatable bonds is 4. The lowest BCUT2D eigenvalue weighted by Crippen LogP contribution is -2.47. The molecule has 2 amide bonds. The Balaban J connectivity index is 1.79. The molecule has 118 valence electrons.